The highest BCUT2D eigenvalue weighted by atomic mass is 32.1. The predicted octanol–water partition coefficient (Wildman–Crippen LogP) is 3.99. The van der Waals surface area contributed by atoms with Crippen LogP contribution in [0.15, 0.2) is 17.5 Å². The molecule has 0 saturated carbocycles. The van der Waals surface area contributed by atoms with Crippen molar-refractivity contribution >= 4 is 21.4 Å². The van der Waals surface area contributed by atoms with Crippen molar-refractivity contribution in [3.63, 3.8) is 0 Å². The first-order valence-electron chi connectivity index (χ1n) is 4.25. The largest absolute Gasteiger partial charge is 0.246 e. The second-order valence-electron chi connectivity index (χ2n) is 3.33. The molecule has 2 rings (SSSR count). The zero-order valence-corrected chi connectivity index (χ0v) is 8.54. The van der Waals surface area contributed by atoms with E-state index in [2.05, 4.69) is 18.4 Å². The Kier molecular flexibility index (Phi) is 2.08. The van der Waals surface area contributed by atoms with Crippen LogP contribution in [0, 0.1) is 13.8 Å². The molecular weight excluding hydrogens is 183 g/mol. The Balaban J connectivity index is 2.76. The Morgan fingerprint density at radius 3 is 2.69 bits per heavy atom. The molecule has 1 heterocycles. The lowest BCUT2D eigenvalue weighted by molar-refractivity contribution is 0.484. The minimum absolute atomic E-state index is 0.362. The van der Waals surface area contributed by atoms with Crippen LogP contribution in [0.2, 0.25) is 0 Å². The quantitative estimate of drug-likeness (QED) is 0.644. The van der Waals surface area contributed by atoms with Crippen LogP contribution in [0.3, 0.4) is 0 Å². The van der Waals surface area contributed by atoms with Gasteiger partial charge in [-0.2, -0.15) is 0 Å². The van der Waals surface area contributed by atoms with Crippen LogP contribution >= 0.6 is 11.3 Å². The third kappa shape index (κ3) is 1.35. The van der Waals surface area contributed by atoms with Gasteiger partial charge in [0.1, 0.15) is 6.67 Å². The highest BCUT2D eigenvalue weighted by Crippen LogP contribution is 2.28. The topological polar surface area (TPSA) is 0 Å². The maximum absolute atomic E-state index is 12.5. The highest BCUT2D eigenvalue weighted by Gasteiger charge is 2.04. The minimum Gasteiger partial charge on any atom is -0.246 e. The normalized spacial score (nSPS) is 11.0. The van der Waals surface area contributed by atoms with Gasteiger partial charge in [-0.3, -0.25) is 0 Å². The van der Waals surface area contributed by atoms with Crippen molar-refractivity contribution in [1.29, 1.82) is 0 Å². The fourth-order valence-electron chi connectivity index (χ4n) is 1.50. The van der Waals surface area contributed by atoms with Crippen LogP contribution in [0.25, 0.3) is 10.1 Å². The maximum Gasteiger partial charge on any atom is 0.115 e. The summed E-state index contributed by atoms with van der Waals surface area (Å²) in [5, 5.41) is 3.38. The van der Waals surface area contributed by atoms with Crippen molar-refractivity contribution in [3.05, 3.63) is 34.2 Å². The number of rotatable bonds is 1. The summed E-state index contributed by atoms with van der Waals surface area (Å²) in [6.07, 6.45) is 0. The van der Waals surface area contributed by atoms with Crippen molar-refractivity contribution < 1.29 is 4.39 Å². The van der Waals surface area contributed by atoms with Gasteiger partial charge >= 0.3 is 0 Å². The van der Waals surface area contributed by atoms with Gasteiger partial charge in [-0.05, 0) is 53.4 Å². The van der Waals surface area contributed by atoms with Gasteiger partial charge in [-0.25, -0.2) is 4.39 Å². The molecular formula is C11H11FS. The number of alkyl halides is 1. The Morgan fingerprint density at radius 2 is 2.00 bits per heavy atom. The molecule has 0 atom stereocenters. The van der Waals surface area contributed by atoms with Crippen molar-refractivity contribution in [2.75, 3.05) is 0 Å². The number of benzene rings is 1. The molecule has 0 aliphatic rings. The molecule has 1 aromatic carbocycles. The second kappa shape index (κ2) is 3.11. The van der Waals surface area contributed by atoms with Crippen LogP contribution in [-0.4, -0.2) is 0 Å². The summed E-state index contributed by atoms with van der Waals surface area (Å²) in [4.78, 5) is 0. The van der Waals surface area contributed by atoms with E-state index in [1.807, 2.05) is 13.0 Å². The van der Waals surface area contributed by atoms with Crippen LogP contribution in [0.1, 0.15) is 16.7 Å². The van der Waals surface area contributed by atoms with Gasteiger partial charge in [0.15, 0.2) is 0 Å². The fourth-order valence-corrected chi connectivity index (χ4v) is 2.48. The number of halogens is 1. The van der Waals surface area contributed by atoms with Crippen molar-refractivity contribution in [1.82, 2.24) is 0 Å². The predicted molar refractivity (Wildman–Crippen MR) is 56.1 cm³/mol. The molecule has 68 valence electrons. The zero-order valence-electron chi connectivity index (χ0n) is 7.73. The standard InChI is InChI=1S/C11H11FS/c1-7-3-10-8(2)6-13-11(10)4-9(7)5-12/h3-4,6H,5H2,1-2H3. The van der Waals surface area contributed by atoms with E-state index in [-0.39, 0.29) is 6.67 Å². The van der Waals surface area contributed by atoms with Crippen molar-refractivity contribution in [3.8, 4) is 0 Å². The van der Waals surface area contributed by atoms with Crippen LogP contribution in [-0.2, 0) is 6.67 Å². The molecule has 2 aromatic rings. The smallest absolute Gasteiger partial charge is 0.115 e. The molecule has 0 amide bonds. The van der Waals surface area contributed by atoms with E-state index in [4.69, 9.17) is 0 Å². The number of hydrogen-bond donors (Lipinski definition) is 0. The van der Waals surface area contributed by atoms with E-state index in [0.717, 1.165) is 11.1 Å². The van der Waals surface area contributed by atoms with Crippen LogP contribution in [0.5, 0.6) is 0 Å². The number of hydrogen-bond acceptors (Lipinski definition) is 1. The first kappa shape index (κ1) is 8.70. The summed E-state index contributed by atoms with van der Waals surface area (Å²) in [5.41, 5.74) is 3.15. The van der Waals surface area contributed by atoms with E-state index in [0.29, 0.717) is 0 Å². The first-order chi connectivity index (χ1) is 6.22. The van der Waals surface area contributed by atoms with E-state index < -0.39 is 0 Å². The van der Waals surface area contributed by atoms with E-state index in [1.165, 1.54) is 15.6 Å². The average Bonchev–Trinajstić information content (AvgIpc) is 2.47. The summed E-state index contributed by atoms with van der Waals surface area (Å²) in [6, 6.07) is 4.04. The molecule has 0 aliphatic heterocycles. The lowest BCUT2D eigenvalue weighted by Gasteiger charge is -2.01. The Bertz CT molecular complexity index is 443. The van der Waals surface area contributed by atoms with Crippen LogP contribution < -0.4 is 0 Å². The lowest BCUT2D eigenvalue weighted by atomic mass is 10.1. The molecule has 0 saturated heterocycles. The average molecular weight is 194 g/mol. The molecule has 0 aliphatic carbocycles. The van der Waals surface area contributed by atoms with E-state index in [1.54, 1.807) is 11.3 Å². The molecule has 0 nitrogen and oxygen atoms in total. The minimum atomic E-state index is -0.362. The molecule has 0 bridgehead atoms. The molecule has 13 heavy (non-hydrogen) atoms. The second-order valence-corrected chi connectivity index (χ2v) is 4.24. The molecule has 2 heteroatoms. The summed E-state index contributed by atoms with van der Waals surface area (Å²) in [6.45, 7) is 3.69. The van der Waals surface area contributed by atoms with Gasteiger partial charge in [0.25, 0.3) is 0 Å². The molecule has 0 fully saturated rings. The SMILES string of the molecule is Cc1cc2c(C)csc2cc1CF. The summed E-state index contributed by atoms with van der Waals surface area (Å²) in [7, 11) is 0. The monoisotopic (exact) mass is 194 g/mol. The van der Waals surface area contributed by atoms with Gasteiger partial charge < -0.3 is 0 Å². The number of thiophene rings is 1. The van der Waals surface area contributed by atoms with Gasteiger partial charge in [0.2, 0.25) is 0 Å². The zero-order chi connectivity index (χ0) is 9.42. The van der Waals surface area contributed by atoms with Gasteiger partial charge in [-0.15, -0.1) is 11.3 Å². The Labute approximate surface area is 81.0 Å². The molecule has 0 spiro atoms. The highest BCUT2D eigenvalue weighted by molar-refractivity contribution is 7.17. The molecule has 1 aromatic heterocycles. The van der Waals surface area contributed by atoms with Gasteiger partial charge in [0.05, 0.1) is 0 Å². The van der Waals surface area contributed by atoms with E-state index >= 15 is 0 Å². The molecule has 0 unspecified atom stereocenters. The summed E-state index contributed by atoms with van der Waals surface area (Å²) in [5.74, 6) is 0. The Morgan fingerprint density at radius 1 is 1.23 bits per heavy atom. The third-order valence-corrected chi connectivity index (χ3v) is 3.43. The summed E-state index contributed by atoms with van der Waals surface area (Å²) < 4.78 is 13.7. The van der Waals surface area contributed by atoms with Crippen molar-refractivity contribution in [2.24, 2.45) is 0 Å². The Hall–Kier alpha value is -0.890. The number of fused-ring (bicyclic) bond motifs is 1. The number of aryl methyl sites for hydroxylation is 2. The van der Waals surface area contributed by atoms with Gasteiger partial charge in [-0.1, -0.05) is 0 Å². The van der Waals surface area contributed by atoms with Gasteiger partial charge in [0, 0.05) is 4.70 Å². The van der Waals surface area contributed by atoms with Crippen LogP contribution in [0.4, 0.5) is 4.39 Å². The third-order valence-electron chi connectivity index (χ3n) is 2.37. The first-order valence-corrected chi connectivity index (χ1v) is 5.13. The fraction of sp³-hybridized carbons (Fsp3) is 0.273. The molecule has 0 radical (unpaired) electrons. The maximum atomic E-state index is 12.5. The summed E-state index contributed by atoms with van der Waals surface area (Å²) >= 11 is 1.69. The lowest BCUT2D eigenvalue weighted by Crippen LogP contribution is -1.84. The van der Waals surface area contributed by atoms with Crippen molar-refractivity contribution in [2.45, 2.75) is 20.5 Å². The van der Waals surface area contributed by atoms with E-state index in [9.17, 15) is 4.39 Å². The molecule has 0 N–H and O–H groups in total.